The summed E-state index contributed by atoms with van der Waals surface area (Å²) < 4.78 is 4.64. The lowest BCUT2D eigenvalue weighted by atomic mass is 10.1. The first-order valence-electron chi connectivity index (χ1n) is 17.8. The Labute approximate surface area is 311 Å². The zero-order valence-electron chi connectivity index (χ0n) is 30.5. The maximum atomic E-state index is 13.4. The van der Waals surface area contributed by atoms with Crippen molar-refractivity contribution in [1.82, 2.24) is 35.1 Å². The number of methoxy groups -OCH3 is 1. The quantitative estimate of drug-likeness (QED) is 0.0499. The van der Waals surface area contributed by atoms with Crippen LogP contribution in [0, 0.1) is 11.8 Å². The van der Waals surface area contributed by atoms with E-state index in [1.807, 2.05) is 42.5 Å². The van der Waals surface area contributed by atoms with Crippen molar-refractivity contribution in [2.24, 2.45) is 4.99 Å². The normalized spacial score (nSPS) is 19.3. The van der Waals surface area contributed by atoms with Crippen molar-refractivity contribution in [2.75, 3.05) is 27.3 Å². The predicted octanol–water partition coefficient (Wildman–Crippen LogP) is 3.14. The van der Waals surface area contributed by atoms with Gasteiger partial charge in [-0.1, -0.05) is 24.0 Å². The molecule has 2 fully saturated rings. The molecule has 6 rings (SSSR count). The lowest BCUT2D eigenvalue weighted by molar-refractivity contribution is -0.188. The van der Waals surface area contributed by atoms with Gasteiger partial charge in [0.2, 0.25) is 12.3 Å². The highest BCUT2D eigenvalue weighted by Crippen LogP contribution is 2.34. The number of aliphatic hydroxyl groups is 2. The molecule has 4 heterocycles. The van der Waals surface area contributed by atoms with Crippen molar-refractivity contribution in [2.45, 2.75) is 75.9 Å². The van der Waals surface area contributed by atoms with E-state index < -0.39 is 36.3 Å². The summed E-state index contributed by atoms with van der Waals surface area (Å²) in [5.74, 6) is 6.99. The number of nitrogens with zero attached hydrogens (tertiary/aromatic N) is 5. The van der Waals surface area contributed by atoms with Gasteiger partial charge in [-0.05, 0) is 75.4 Å². The standard InChI is InChI=1S/C38H44N8O8/c1-22(47)32(40-21-54-53-4)36(49)45-17-5-7-30(45)34-39-20-29(43-34)26-14-11-24(12-15-26)9-10-25-13-16-27-28(19-25)42-35(41-27)31-8-6-18-46(31)37(50)33(23(2)48)44-38(51)52-3/h11-16,19-23,30-33,47-48H,5-8,17-18H2,1-4H3,(H,39,43)(H,41,42)(H,44,51)/t22-,23-,30+,31+,32+,33+/m1/s1. The van der Waals surface area contributed by atoms with Crippen LogP contribution in [0.15, 0.2) is 53.7 Å². The highest BCUT2D eigenvalue weighted by Gasteiger charge is 2.39. The summed E-state index contributed by atoms with van der Waals surface area (Å²) in [6.07, 6.45) is 2.78. The SMILES string of the molecule is COOC=N[C@H](C(=O)N1CCC[C@H]1c1ncc(-c2ccc(C#Cc3ccc4nc([C@@H]5CCCN5C(=O)[C@@H](NC(=O)OC)[C@@H](C)O)[nH]c4c3)cc2)[nH]1)[C@@H](C)O. The van der Waals surface area contributed by atoms with Crippen molar-refractivity contribution in [3.63, 3.8) is 0 Å². The first-order valence-corrected chi connectivity index (χ1v) is 17.8. The number of alkyl carbamates (subject to hydrolysis) is 1. The summed E-state index contributed by atoms with van der Waals surface area (Å²) in [7, 11) is 2.52. The van der Waals surface area contributed by atoms with Crippen LogP contribution in [0.2, 0.25) is 0 Å². The Kier molecular flexibility index (Phi) is 11.9. The second kappa shape index (κ2) is 16.9. The summed E-state index contributed by atoms with van der Waals surface area (Å²) in [6.45, 7) is 3.95. The van der Waals surface area contributed by atoms with Gasteiger partial charge in [0.15, 0.2) is 6.04 Å². The third kappa shape index (κ3) is 8.38. The molecule has 0 unspecified atom stereocenters. The summed E-state index contributed by atoms with van der Waals surface area (Å²) in [5, 5.41) is 22.9. The van der Waals surface area contributed by atoms with Crippen LogP contribution >= 0.6 is 0 Å². The minimum Gasteiger partial charge on any atom is -0.453 e. The molecule has 0 radical (unpaired) electrons. The maximum absolute atomic E-state index is 13.4. The van der Waals surface area contributed by atoms with Crippen molar-refractivity contribution < 1.29 is 39.1 Å². The third-order valence-electron chi connectivity index (χ3n) is 9.62. The number of aromatic nitrogens is 4. The number of ether oxygens (including phenoxy) is 1. The number of carbonyl (C=O) groups is 3. The maximum Gasteiger partial charge on any atom is 0.407 e. The number of H-pyrrole nitrogens is 2. The Balaban J connectivity index is 1.12. The molecule has 284 valence electrons. The van der Waals surface area contributed by atoms with E-state index in [9.17, 15) is 24.6 Å². The van der Waals surface area contributed by atoms with Crippen LogP contribution < -0.4 is 5.32 Å². The van der Waals surface area contributed by atoms with E-state index in [1.54, 1.807) is 16.0 Å². The lowest BCUT2D eigenvalue weighted by Gasteiger charge is -2.29. The van der Waals surface area contributed by atoms with Crippen LogP contribution in [0.4, 0.5) is 4.79 Å². The minimum absolute atomic E-state index is 0.281. The number of aromatic amines is 2. The van der Waals surface area contributed by atoms with Crippen molar-refractivity contribution >= 4 is 35.3 Å². The molecule has 2 aromatic heterocycles. The smallest absolute Gasteiger partial charge is 0.407 e. The van der Waals surface area contributed by atoms with E-state index in [0.29, 0.717) is 31.2 Å². The zero-order chi connectivity index (χ0) is 38.4. The number of aliphatic imine (C=N–C) groups is 1. The molecule has 6 atom stereocenters. The molecule has 2 aromatic carbocycles. The molecule has 2 aliphatic heterocycles. The van der Waals surface area contributed by atoms with Gasteiger partial charge >= 0.3 is 6.09 Å². The summed E-state index contributed by atoms with van der Waals surface area (Å²) in [6, 6.07) is 10.6. The molecule has 2 aliphatic rings. The lowest BCUT2D eigenvalue weighted by Crippen LogP contribution is -2.53. The molecule has 0 aliphatic carbocycles. The summed E-state index contributed by atoms with van der Waals surface area (Å²) >= 11 is 0. The molecule has 0 saturated carbocycles. The number of hydrogen-bond donors (Lipinski definition) is 5. The number of imidazole rings is 2. The fraction of sp³-hybridized carbons (Fsp3) is 0.421. The summed E-state index contributed by atoms with van der Waals surface area (Å²) in [4.78, 5) is 71.1. The highest BCUT2D eigenvalue weighted by atomic mass is 17.2. The van der Waals surface area contributed by atoms with Crippen LogP contribution in [-0.4, -0.2) is 116 Å². The van der Waals surface area contributed by atoms with Gasteiger partial charge in [0.05, 0.1) is 61.4 Å². The minimum atomic E-state index is -1.14. The second-order valence-corrected chi connectivity index (χ2v) is 13.3. The largest absolute Gasteiger partial charge is 0.453 e. The third-order valence-corrected chi connectivity index (χ3v) is 9.62. The number of fused-ring (bicyclic) bond motifs is 1. The van der Waals surface area contributed by atoms with Crippen LogP contribution in [-0.2, 0) is 24.1 Å². The topological polar surface area (TPSA) is 208 Å². The van der Waals surface area contributed by atoms with E-state index >= 15 is 0 Å². The fourth-order valence-electron chi connectivity index (χ4n) is 6.88. The molecular formula is C38H44N8O8. The average Bonchev–Trinajstić information content (AvgIpc) is 4.00. The number of likely N-dealkylation sites (tertiary alicyclic amines) is 2. The van der Waals surface area contributed by atoms with Crippen LogP contribution in [0.3, 0.4) is 0 Å². The fourth-order valence-corrected chi connectivity index (χ4v) is 6.88. The molecule has 4 aromatic rings. The van der Waals surface area contributed by atoms with E-state index in [2.05, 4.69) is 51.6 Å². The average molecular weight is 741 g/mol. The Morgan fingerprint density at radius 1 is 0.926 bits per heavy atom. The Hall–Kier alpha value is -5.76. The molecule has 3 amide bonds. The van der Waals surface area contributed by atoms with Crippen molar-refractivity contribution in [3.05, 3.63) is 71.4 Å². The van der Waals surface area contributed by atoms with Gasteiger partial charge in [0, 0.05) is 24.2 Å². The van der Waals surface area contributed by atoms with Gasteiger partial charge in [0.1, 0.15) is 17.7 Å². The molecule has 0 bridgehead atoms. The van der Waals surface area contributed by atoms with Gasteiger partial charge in [-0.3, -0.25) is 9.59 Å². The van der Waals surface area contributed by atoms with Gasteiger partial charge in [-0.2, -0.15) is 4.89 Å². The Bertz CT molecular complexity index is 2050. The molecule has 16 heteroatoms. The van der Waals surface area contributed by atoms with E-state index in [1.165, 1.54) is 28.1 Å². The molecule has 0 spiro atoms. The zero-order valence-corrected chi connectivity index (χ0v) is 30.5. The number of hydrogen-bond acceptors (Lipinski definition) is 11. The van der Waals surface area contributed by atoms with E-state index in [4.69, 9.17) is 4.98 Å². The predicted molar refractivity (Wildman–Crippen MR) is 197 cm³/mol. The highest BCUT2D eigenvalue weighted by molar-refractivity contribution is 5.87. The van der Waals surface area contributed by atoms with Gasteiger partial charge in [-0.15, -0.1) is 0 Å². The Morgan fingerprint density at radius 2 is 1.59 bits per heavy atom. The van der Waals surface area contributed by atoms with E-state index in [0.717, 1.165) is 59.1 Å². The van der Waals surface area contributed by atoms with Gasteiger partial charge in [-0.25, -0.2) is 19.8 Å². The first-order chi connectivity index (χ1) is 26.1. The van der Waals surface area contributed by atoms with Gasteiger partial charge < -0.3 is 44.9 Å². The number of nitrogens with one attached hydrogen (secondary N) is 3. The Morgan fingerprint density at radius 3 is 2.26 bits per heavy atom. The number of carbonyl (C=O) groups excluding carboxylic acids is 3. The van der Waals surface area contributed by atoms with E-state index in [-0.39, 0.29) is 18.0 Å². The number of benzene rings is 2. The van der Waals surface area contributed by atoms with Crippen molar-refractivity contribution in [1.29, 1.82) is 0 Å². The monoisotopic (exact) mass is 740 g/mol. The first kappa shape index (κ1) is 38.0. The molecule has 5 N–H and O–H groups in total. The molecule has 54 heavy (non-hydrogen) atoms. The van der Waals surface area contributed by atoms with Crippen LogP contribution in [0.1, 0.15) is 74.4 Å². The second-order valence-electron chi connectivity index (χ2n) is 13.3. The number of aliphatic hydroxyl groups excluding tert-OH is 2. The van der Waals surface area contributed by atoms with Crippen LogP contribution in [0.25, 0.3) is 22.3 Å². The van der Waals surface area contributed by atoms with Crippen LogP contribution in [0.5, 0.6) is 0 Å². The number of amides is 3. The summed E-state index contributed by atoms with van der Waals surface area (Å²) in [5.41, 5.74) is 4.80. The number of rotatable bonds is 11. The molecule has 16 nitrogen and oxygen atoms in total. The molecule has 2 saturated heterocycles. The molecular weight excluding hydrogens is 696 g/mol. The van der Waals surface area contributed by atoms with Crippen molar-refractivity contribution in [3.8, 4) is 23.1 Å². The van der Waals surface area contributed by atoms with Gasteiger partial charge in [0.25, 0.3) is 5.91 Å².